The molecular weight excluding hydrogens is 434 g/mol. The van der Waals surface area contributed by atoms with Gasteiger partial charge in [-0.05, 0) is 41.6 Å². The maximum absolute atomic E-state index is 12.6. The number of ether oxygens (including phenoxy) is 1. The van der Waals surface area contributed by atoms with Crippen molar-refractivity contribution in [3.63, 3.8) is 0 Å². The predicted molar refractivity (Wildman–Crippen MR) is 128 cm³/mol. The molecule has 2 aliphatic carbocycles. The molecule has 1 fully saturated rings. The van der Waals surface area contributed by atoms with E-state index in [4.69, 9.17) is 4.74 Å². The van der Waals surface area contributed by atoms with Crippen LogP contribution in [-0.2, 0) is 14.3 Å². The van der Waals surface area contributed by atoms with Crippen LogP contribution in [-0.4, -0.2) is 66.3 Å². The van der Waals surface area contributed by atoms with E-state index in [0.717, 1.165) is 28.8 Å². The Kier molecular flexibility index (Phi) is 7.47. The molecule has 0 spiro atoms. The van der Waals surface area contributed by atoms with E-state index in [1.807, 2.05) is 48.5 Å². The predicted octanol–water partition coefficient (Wildman–Crippen LogP) is 2.97. The Morgan fingerprint density at radius 3 is 2.24 bits per heavy atom. The quantitative estimate of drug-likeness (QED) is 0.471. The van der Waals surface area contributed by atoms with Gasteiger partial charge in [-0.1, -0.05) is 55.5 Å². The number of carbonyl (C=O) groups excluding carboxylic acids is 2. The van der Waals surface area contributed by atoms with E-state index in [0.29, 0.717) is 19.1 Å². The largest absolute Gasteiger partial charge is 0.481 e. The van der Waals surface area contributed by atoms with E-state index in [1.165, 1.54) is 12.8 Å². The molecule has 0 bridgehead atoms. The van der Waals surface area contributed by atoms with Crippen molar-refractivity contribution < 1.29 is 24.2 Å². The summed E-state index contributed by atoms with van der Waals surface area (Å²) in [7, 11) is 0. The first kappa shape index (κ1) is 23.8. The normalized spacial score (nSPS) is 15.4. The van der Waals surface area contributed by atoms with Crippen molar-refractivity contribution in [3.05, 3.63) is 59.7 Å². The molecule has 0 radical (unpaired) electrons. The third kappa shape index (κ3) is 5.56. The van der Waals surface area contributed by atoms with Crippen molar-refractivity contribution in [2.75, 3.05) is 26.2 Å². The molecule has 2 amide bonds. The number of amides is 2. The summed E-state index contributed by atoms with van der Waals surface area (Å²) in [4.78, 5) is 38.7. The SMILES string of the molecule is CCN(CCNC(=O)C(CC(=O)O)NC(=O)OCC1c2ccccc2-c2ccccc21)C1CC1. The molecule has 2 aromatic carbocycles. The molecule has 2 aliphatic rings. The van der Waals surface area contributed by atoms with Crippen LogP contribution in [0.5, 0.6) is 0 Å². The van der Waals surface area contributed by atoms with E-state index in [-0.39, 0.29) is 12.5 Å². The van der Waals surface area contributed by atoms with E-state index < -0.39 is 30.4 Å². The van der Waals surface area contributed by atoms with Gasteiger partial charge in [-0.3, -0.25) is 14.5 Å². The van der Waals surface area contributed by atoms with Crippen molar-refractivity contribution in [2.24, 2.45) is 0 Å². The van der Waals surface area contributed by atoms with Crippen molar-refractivity contribution in [1.29, 1.82) is 0 Å². The summed E-state index contributed by atoms with van der Waals surface area (Å²) in [5.74, 6) is -1.82. The van der Waals surface area contributed by atoms with Gasteiger partial charge in [0.25, 0.3) is 0 Å². The minimum Gasteiger partial charge on any atom is -0.481 e. The van der Waals surface area contributed by atoms with Gasteiger partial charge in [0.15, 0.2) is 0 Å². The number of carboxylic acids is 1. The fourth-order valence-corrected chi connectivity index (χ4v) is 4.65. The number of alkyl carbamates (subject to hydrolysis) is 1. The molecule has 4 rings (SSSR count). The minimum atomic E-state index is -1.20. The molecule has 8 heteroatoms. The highest BCUT2D eigenvalue weighted by molar-refractivity contribution is 5.89. The van der Waals surface area contributed by atoms with Crippen LogP contribution in [0.4, 0.5) is 4.79 Å². The second kappa shape index (κ2) is 10.7. The number of nitrogens with zero attached hydrogens (tertiary/aromatic N) is 1. The second-order valence-electron chi connectivity index (χ2n) is 8.77. The minimum absolute atomic E-state index is 0.0914. The highest BCUT2D eigenvalue weighted by Crippen LogP contribution is 2.44. The first-order valence-electron chi connectivity index (χ1n) is 11.8. The fourth-order valence-electron chi connectivity index (χ4n) is 4.65. The van der Waals surface area contributed by atoms with Crippen LogP contribution in [0.2, 0.25) is 0 Å². The molecule has 1 saturated carbocycles. The maximum atomic E-state index is 12.6. The second-order valence-corrected chi connectivity index (χ2v) is 8.77. The average Bonchev–Trinajstić information content (AvgIpc) is 3.62. The lowest BCUT2D eigenvalue weighted by Crippen LogP contribution is -2.49. The number of aliphatic carboxylic acids is 1. The molecule has 2 aromatic rings. The Morgan fingerprint density at radius 1 is 1.06 bits per heavy atom. The summed E-state index contributed by atoms with van der Waals surface area (Å²) < 4.78 is 5.47. The average molecular weight is 466 g/mol. The van der Waals surface area contributed by atoms with Crippen LogP contribution < -0.4 is 10.6 Å². The molecule has 1 atom stereocenters. The van der Waals surface area contributed by atoms with Gasteiger partial charge < -0.3 is 20.5 Å². The zero-order valence-electron chi connectivity index (χ0n) is 19.3. The Morgan fingerprint density at radius 2 is 1.68 bits per heavy atom. The van der Waals surface area contributed by atoms with Crippen LogP contribution in [0, 0.1) is 0 Å². The topological polar surface area (TPSA) is 108 Å². The third-order valence-electron chi connectivity index (χ3n) is 6.50. The first-order valence-corrected chi connectivity index (χ1v) is 11.8. The lowest BCUT2D eigenvalue weighted by Gasteiger charge is -2.21. The number of fused-ring (bicyclic) bond motifs is 3. The maximum Gasteiger partial charge on any atom is 0.407 e. The van der Waals surface area contributed by atoms with Gasteiger partial charge in [-0.25, -0.2) is 4.79 Å². The Balaban J connectivity index is 1.33. The van der Waals surface area contributed by atoms with Crippen LogP contribution >= 0.6 is 0 Å². The summed E-state index contributed by atoms with van der Waals surface area (Å²) >= 11 is 0. The molecule has 34 heavy (non-hydrogen) atoms. The zero-order valence-corrected chi connectivity index (χ0v) is 19.3. The number of likely N-dealkylation sites (N-methyl/N-ethyl adjacent to an activating group) is 1. The summed E-state index contributed by atoms with van der Waals surface area (Å²) in [6.45, 7) is 4.15. The van der Waals surface area contributed by atoms with Crippen molar-refractivity contribution in [2.45, 2.75) is 44.2 Å². The Hall–Kier alpha value is -3.39. The molecule has 1 unspecified atom stereocenters. The lowest BCUT2D eigenvalue weighted by atomic mass is 9.98. The van der Waals surface area contributed by atoms with Crippen molar-refractivity contribution >= 4 is 18.0 Å². The molecule has 0 aromatic heterocycles. The summed E-state index contributed by atoms with van der Waals surface area (Å²) in [5.41, 5.74) is 4.38. The van der Waals surface area contributed by atoms with Crippen molar-refractivity contribution in [1.82, 2.24) is 15.5 Å². The van der Waals surface area contributed by atoms with E-state index in [9.17, 15) is 19.5 Å². The van der Waals surface area contributed by atoms with Gasteiger partial charge in [-0.2, -0.15) is 0 Å². The molecule has 0 heterocycles. The standard InChI is InChI=1S/C26H31N3O5/c1-2-29(17-11-12-17)14-13-27-25(32)23(15-24(30)31)28-26(33)34-16-22-20-9-5-3-7-18(20)19-8-4-6-10-21(19)22/h3-10,17,22-23H,2,11-16H2,1H3,(H,27,32)(H,28,33)(H,30,31). The molecule has 0 saturated heterocycles. The van der Waals surface area contributed by atoms with Gasteiger partial charge >= 0.3 is 12.1 Å². The highest BCUT2D eigenvalue weighted by atomic mass is 16.5. The van der Waals surface area contributed by atoms with Crippen LogP contribution in [0.15, 0.2) is 48.5 Å². The zero-order chi connectivity index (χ0) is 24.1. The number of benzene rings is 2. The highest BCUT2D eigenvalue weighted by Gasteiger charge is 2.31. The van der Waals surface area contributed by atoms with Crippen LogP contribution in [0.3, 0.4) is 0 Å². The van der Waals surface area contributed by atoms with Crippen molar-refractivity contribution in [3.8, 4) is 11.1 Å². The smallest absolute Gasteiger partial charge is 0.407 e. The van der Waals surface area contributed by atoms with Gasteiger partial charge in [-0.15, -0.1) is 0 Å². The molecule has 8 nitrogen and oxygen atoms in total. The van der Waals surface area contributed by atoms with Crippen LogP contribution in [0.25, 0.3) is 11.1 Å². The summed E-state index contributed by atoms with van der Waals surface area (Å²) in [6.07, 6.45) is 1.02. The van der Waals surface area contributed by atoms with Crippen LogP contribution in [0.1, 0.15) is 43.2 Å². The molecule has 180 valence electrons. The molecule has 0 aliphatic heterocycles. The van der Waals surface area contributed by atoms with E-state index in [1.54, 1.807) is 0 Å². The number of nitrogens with one attached hydrogen (secondary N) is 2. The number of rotatable bonds is 11. The Labute approximate surface area is 199 Å². The molecular formula is C26H31N3O5. The fraction of sp³-hybridized carbons (Fsp3) is 0.423. The monoisotopic (exact) mass is 465 g/mol. The number of hydrogen-bond donors (Lipinski definition) is 3. The number of carbonyl (C=O) groups is 3. The summed E-state index contributed by atoms with van der Waals surface area (Å²) in [6, 6.07) is 15.4. The number of carboxylic acid groups (broad SMARTS) is 1. The Bertz CT molecular complexity index is 1010. The van der Waals surface area contributed by atoms with Gasteiger partial charge in [0.1, 0.15) is 12.6 Å². The first-order chi connectivity index (χ1) is 16.5. The van der Waals surface area contributed by atoms with Gasteiger partial charge in [0.2, 0.25) is 5.91 Å². The summed E-state index contributed by atoms with van der Waals surface area (Å²) in [5, 5.41) is 14.4. The van der Waals surface area contributed by atoms with E-state index >= 15 is 0 Å². The van der Waals surface area contributed by atoms with Gasteiger partial charge in [0.05, 0.1) is 6.42 Å². The number of hydrogen-bond acceptors (Lipinski definition) is 5. The van der Waals surface area contributed by atoms with Gasteiger partial charge in [0, 0.05) is 25.0 Å². The third-order valence-corrected chi connectivity index (χ3v) is 6.50. The molecule has 3 N–H and O–H groups in total. The lowest BCUT2D eigenvalue weighted by molar-refractivity contribution is -0.139. The van der Waals surface area contributed by atoms with E-state index in [2.05, 4.69) is 22.5 Å².